The third-order valence-corrected chi connectivity index (χ3v) is 4.71. The van der Waals surface area contributed by atoms with Gasteiger partial charge in [0.1, 0.15) is 0 Å². The molecule has 1 aliphatic heterocycles. The molecule has 0 bridgehead atoms. The Morgan fingerprint density at radius 1 is 1.15 bits per heavy atom. The number of primary amides is 1. The van der Waals surface area contributed by atoms with Crippen molar-refractivity contribution in [2.75, 3.05) is 11.9 Å². The first-order valence-corrected chi connectivity index (χ1v) is 7.64. The molecule has 4 heteroatoms. The molecular weight excluding hydrogens is 250 g/mol. The van der Waals surface area contributed by atoms with Crippen LogP contribution in [0.4, 0.5) is 5.69 Å². The highest BCUT2D eigenvalue weighted by Crippen LogP contribution is 2.33. The van der Waals surface area contributed by atoms with Gasteiger partial charge in [-0.1, -0.05) is 6.42 Å². The molecule has 3 atom stereocenters. The van der Waals surface area contributed by atoms with Crippen LogP contribution in [-0.2, 0) is 0 Å². The van der Waals surface area contributed by atoms with Gasteiger partial charge in [0, 0.05) is 23.3 Å². The normalized spacial score (nSPS) is 29.5. The Bertz CT molecular complexity index is 465. The van der Waals surface area contributed by atoms with Crippen molar-refractivity contribution in [3.05, 3.63) is 29.8 Å². The van der Waals surface area contributed by atoms with Crippen LogP contribution in [-0.4, -0.2) is 24.5 Å². The molecular formula is C16H23N3O. The molecule has 3 rings (SSSR count). The van der Waals surface area contributed by atoms with Crippen molar-refractivity contribution >= 4 is 11.6 Å². The second-order valence-corrected chi connectivity index (χ2v) is 5.99. The summed E-state index contributed by atoms with van der Waals surface area (Å²) in [5, 5.41) is 7.28. The van der Waals surface area contributed by atoms with E-state index in [9.17, 15) is 4.79 Å². The minimum absolute atomic E-state index is 0.370. The summed E-state index contributed by atoms with van der Waals surface area (Å²) >= 11 is 0. The summed E-state index contributed by atoms with van der Waals surface area (Å²) in [5.41, 5.74) is 6.92. The molecule has 4 N–H and O–H groups in total. The van der Waals surface area contributed by atoms with Gasteiger partial charge in [0.25, 0.3) is 0 Å². The SMILES string of the molecule is NC(=O)c1ccc(NC2CCCC2C2CCCN2)cc1. The molecule has 108 valence electrons. The summed E-state index contributed by atoms with van der Waals surface area (Å²) < 4.78 is 0. The van der Waals surface area contributed by atoms with Crippen LogP contribution >= 0.6 is 0 Å². The van der Waals surface area contributed by atoms with Gasteiger partial charge in [-0.25, -0.2) is 0 Å². The van der Waals surface area contributed by atoms with Crippen molar-refractivity contribution in [2.45, 2.75) is 44.2 Å². The summed E-state index contributed by atoms with van der Waals surface area (Å²) in [5.74, 6) is 0.360. The van der Waals surface area contributed by atoms with Gasteiger partial charge in [-0.05, 0) is 62.4 Å². The standard InChI is InChI=1S/C16H23N3O/c17-16(20)11-6-8-12(9-7-11)19-15-4-1-3-13(15)14-5-2-10-18-14/h6-9,13-15,18-19H,1-5,10H2,(H2,17,20). The van der Waals surface area contributed by atoms with Gasteiger partial charge < -0.3 is 16.4 Å². The highest BCUT2D eigenvalue weighted by atomic mass is 16.1. The number of amides is 1. The third-order valence-electron chi connectivity index (χ3n) is 4.71. The Labute approximate surface area is 120 Å². The van der Waals surface area contributed by atoms with E-state index in [4.69, 9.17) is 5.73 Å². The maximum atomic E-state index is 11.1. The number of hydrogen-bond acceptors (Lipinski definition) is 3. The van der Waals surface area contributed by atoms with Crippen molar-refractivity contribution < 1.29 is 4.79 Å². The van der Waals surface area contributed by atoms with Crippen LogP contribution < -0.4 is 16.4 Å². The zero-order chi connectivity index (χ0) is 13.9. The molecule has 1 aromatic carbocycles. The monoisotopic (exact) mass is 273 g/mol. The molecule has 1 aliphatic carbocycles. The van der Waals surface area contributed by atoms with Crippen LogP contribution in [0.25, 0.3) is 0 Å². The second kappa shape index (κ2) is 5.83. The predicted molar refractivity (Wildman–Crippen MR) is 80.7 cm³/mol. The maximum absolute atomic E-state index is 11.1. The molecule has 1 saturated carbocycles. The highest BCUT2D eigenvalue weighted by molar-refractivity contribution is 5.93. The van der Waals surface area contributed by atoms with Crippen molar-refractivity contribution in [1.29, 1.82) is 0 Å². The van der Waals surface area contributed by atoms with Crippen LogP contribution in [0.15, 0.2) is 24.3 Å². The molecule has 0 aromatic heterocycles. The lowest BCUT2D eigenvalue weighted by atomic mass is 9.93. The number of nitrogens with two attached hydrogens (primary N) is 1. The Balaban J connectivity index is 1.65. The number of rotatable bonds is 4. The third kappa shape index (κ3) is 2.80. The van der Waals surface area contributed by atoms with Crippen LogP contribution in [0.1, 0.15) is 42.5 Å². The number of carbonyl (C=O) groups is 1. The first kappa shape index (κ1) is 13.4. The van der Waals surface area contributed by atoms with Crippen molar-refractivity contribution in [3.63, 3.8) is 0 Å². The van der Waals surface area contributed by atoms with Crippen molar-refractivity contribution in [2.24, 2.45) is 11.7 Å². The minimum Gasteiger partial charge on any atom is -0.382 e. The maximum Gasteiger partial charge on any atom is 0.248 e. The van der Waals surface area contributed by atoms with E-state index >= 15 is 0 Å². The number of hydrogen-bond donors (Lipinski definition) is 3. The molecule has 1 amide bonds. The van der Waals surface area contributed by atoms with E-state index < -0.39 is 0 Å². The van der Waals surface area contributed by atoms with Crippen LogP contribution in [0.3, 0.4) is 0 Å². The first-order chi connectivity index (χ1) is 9.74. The van der Waals surface area contributed by atoms with Crippen LogP contribution in [0, 0.1) is 5.92 Å². The largest absolute Gasteiger partial charge is 0.382 e. The average Bonchev–Trinajstić information content (AvgIpc) is 3.09. The van der Waals surface area contributed by atoms with Gasteiger partial charge in [-0.2, -0.15) is 0 Å². The van der Waals surface area contributed by atoms with Gasteiger partial charge >= 0.3 is 0 Å². The molecule has 0 radical (unpaired) electrons. The Morgan fingerprint density at radius 3 is 2.60 bits per heavy atom. The quantitative estimate of drug-likeness (QED) is 0.787. The molecule has 1 heterocycles. The number of nitrogens with one attached hydrogen (secondary N) is 2. The number of carbonyl (C=O) groups excluding carboxylic acids is 1. The second-order valence-electron chi connectivity index (χ2n) is 5.99. The van der Waals surface area contributed by atoms with Crippen molar-refractivity contribution in [3.8, 4) is 0 Å². The number of anilines is 1. The zero-order valence-corrected chi connectivity index (χ0v) is 11.8. The first-order valence-electron chi connectivity index (χ1n) is 7.64. The molecule has 1 saturated heterocycles. The number of benzene rings is 1. The molecule has 20 heavy (non-hydrogen) atoms. The molecule has 0 spiro atoms. The van der Waals surface area contributed by atoms with Gasteiger partial charge in [0.15, 0.2) is 0 Å². The van der Waals surface area contributed by atoms with E-state index in [1.807, 2.05) is 12.1 Å². The minimum atomic E-state index is -0.370. The molecule has 2 fully saturated rings. The fourth-order valence-corrected chi connectivity index (χ4v) is 3.67. The van der Waals surface area contributed by atoms with E-state index in [1.54, 1.807) is 12.1 Å². The molecule has 1 aromatic rings. The van der Waals surface area contributed by atoms with E-state index in [2.05, 4.69) is 10.6 Å². The Morgan fingerprint density at radius 2 is 1.95 bits per heavy atom. The van der Waals surface area contributed by atoms with Crippen LogP contribution in [0.2, 0.25) is 0 Å². The lowest BCUT2D eigenvalue weighted by Gasteiger charge is -2.27. The van der Waals surface area contributed by atoms with Gasteiger partial charge in [0.2, 0.25) is 5.91 Å². The lowest BCUT2D eigenvalue weighted by Crippen LogP contribution is -2.38. The van der Waals surface area contributed by atoms with Crippen LogP contribution in [0.5, 0.6) is 0 Å². The Kier molecular flexibility index (Phi) is 3.92. The summed E-state index contributed by atoms with van der Waals surface area (Å²) in [4.78, 5) is 11.1. The van der Waals surface area contributed by atoms with E-state index in [0.717, 1.165) is 11.6 Å². The molecule has 2 aliphatic rings. The average molecular weight is 273 g/mol. The Hall–Kier alpha value is -1.55. The van der Waals surface area contributed by atoms with E-state index in [0.29, 0.717) is 17.6 Å². The topological polar surface area (TPSA) is 67.2 Å². The summed E-state index contributed by atoms with van der Waals surface area (Å²) in [6, 6.07) is 8.73. The van der Waals surface area contributed by atoms with E-state index in [1.165, 1.54) is 38.6 Å². The van der Waals surface area contributed by atoms with Gasteiger partial charge in [0.05, 0.1) is 0 Å². The predicted octanol–water partition coefficient (Wildman–Crippen LogP) is 2.12. The lowest BCUT2D eigenvalue weighted by molar-refractivity contribution is 0.100. The van der Waals surface area contributed by atoms with E-state index in [-0.39, 0.29) is 5.91 Å². The fourth-order valence-electron chi connectivity index (χ4n) is 3.67. The zero-order valence-electron chi connectivity index (χ0n) is 11.8. The van der Waals surface area contributed by atoms with Crippen molar-refractivity contribution in [1.82, 2.24) is 5.32 Å². The van der Waals surface area contributed by atoms with Gasteiger partial charge in [-0.3, -0.25) is 4.79 Å². The smallest absolute Gasteiger partial charge is 0.248 e. The summed E-state index contributed by atoms with van der Waals surface area (Å²) in [7, 11) is 0. The molecule has 4 nitrogen and oxygen atoms in total. The fraction of sp³-hybridized carbons (Fsp3) is 0.562. The van der Waals surface area contributed by atoms with Gasteiger partial charge in [-0.15, -0.1) is 0 Å². The highest BCUT2D eigenvalue weighted by Gasteiger charge is 2.34. The summed E-state index contributed by atoms with van der Waals surface area (Å²) in [6.45, 7) is 1.17. The molecule has 3 unspecified atom stereocenters. The summed E-state index contributed by atoms with van der Waals surface area (Å²) in [6.07, 6.45) is 6.47.